The van der Waals surface area contributed by atoms with Gasteiger partial charge in [0, 0.05) is 43.0 Å². The van der Waals surface area contributed by atoms with Gasteiger partial charge in [-0.05, 0) is 48.2 Å². The average molecular weight is 573 g/mol. The molecule has 0 spiro atoms. The van der Waals surface area contributed by atoms with Gasteiger partial charge in [0.1, 0.15) is 17.0 Å². The molecule has 0 bridgehead atoms. The van der Waals surface area contributed by atoms with E-state index in [-0.39, 0.29) is 29.9 Å². The molecule has 4 rings (SSSR count). The van der Waals surface area contributed by atoms with Gasteiger partial charge in [0.05, 0.1) is 11.3 Å². The third-order valence-electron chi connectivity index (χ3n) is 5.92. The van der Waals surface area contributed by atoms with Crippen LogP contribution < -0.4 is 10.6 Å². The van der Waals surface area contributed by atoms with Crippen molar-refractivity contribution in [1.29, 1.82) is 0 Å². The summed E-state index contributed by atoms with van der Waals surface area (Å²) >= 11 is 0. The summed E-state index contributed by atoms with van der Waals surface area (Å²) in [6.45, 7) is 3.23. The van der Waals surface area contributed by atoms with Gasteiger partial charge in [-0.3, -0.25) is 4.79 Å². The van der Waals surface area contributed by atoms with Crippen molar-refractivity contribution in [3.63, 3.8) is 0 Å². The molecule has 0 fully saturated rings. The number of aryl methyl sites for hydroxylation is 1. The summed E-state index contributed by atoms with van der Waals surface area (Å²) in [4.78, 5) is 31.2. The Morgan fingerprint density at radius 3 is 2.45 bits per heavy atom. The van der Waals surface area contributed by atoms with Crippen LogP contribution in [0.3, 0.4) is 0 Å². The molecule has 2 aromatic carbocycles. The number of anilines is 4. The Balaban J connectivity index is 1.68. The van der Waals surface area contributed by atoms with Gasteiger partial charge in [0.2, 0.25) is 5.95 Å². The summed E-state index contributed by atoms with van der Waals surface area (Å²) < 4.78 is 52.5. The minimum atomic E-state index is -4.78. The molecular weight excluding hydrogens is 546 g/mol. The normalized spacial score (nSPS) is 13.4. The third-order valence-corrected chi connectivity index (χ3v) is 6.53. The van der Waals surface area contributed by atoms with Gasteiger partial charge < -0.3 is 20.6 Å². The van der Waals surface area contributed by atoms with Crippen LogP contribution in [0.15, 0.2) is 42.6 Å². The maximum Gasteiger partial charge on any atom is 0.505 e. The zero-order valence-electron chi connectivity index (χ0n) is 21.8. The van der Waals surface area contributed by atoms with E-state index in [1.54, 1.807) is 37.4 Å². The lowest BCUT2D eigenvalue weighted by Crippen LogP contribution is -2.18. The largest absolute Gasteiger partial charge is 0.505 e. The number of nitrogens with zero attached hydrogens (tertiary/aromatic N) is 3. The average Bonchev–Trinajstić information content (AvgIpc) is 3.16. The standard InChI is InChI=1S/C27H25F3N5O4P/c1-26(2,37)12-10-17-6-9-21(22-19(17)15-35(3)24(22)36)33-23-20(27(28,29)30)14-31-25(34-23)32-18-7-4-16(5-8-18)11-13-40(38)39/h4-9,14,37H,11,13,15H2,1-3H3,(H2-,31,32,33,34,36,38,39)/p+1. The second kappa shape index (κ2) is 11.2. The second-order valence-electron chi connectivity index (χ2n) is 9.71. The number of nitrogens with one attached hydrogen (secondary N) is 2. The lowest BCUT2D eigenvalue weighted by atomic mass is 10.00. The molecule has 1 unspecified atom stereocenters. The fraction of sp³-hybridized carbons (Fsp3) is 0.296. The quantitative estimate of drug-likeness (QED) is 0.231. The van der Waals surface area contributed by atoms with Crippen LogP contribution in [0.5, 0.6) is 0 Å². The molecule has 1 aliphatic rings. The summed E-state index contributed by atoms with van der Waals surface area (Å²) in [7, 11) is -0.679. The number of halogens is 3. The molecule has 40 heavy (non-hydrogen) atoms. The number of aromatic nitrogens is 2. The lowest BCUT2D eigenvalue weighted by Gasteiger charge is -2.17. The SMILES string of the molecule is CN1Cc2c(C#CC(C)(C)O)ccc(Nc3nc(Nc4ccc(CC[P+](=O)O)cc4)ncc3C(F)(F)F)c2C1=O. The van der Waals surface area contributed by atoms with E-state index in [0.717, 1.165) is 5.56 Å². The van der Waals surface area contributed by atoms with Crippen LogP contribution in [-0.2, 0) is 23.7 Å². The summed E-state index contributed by atoms with van der Waals surface area (Å²) in [5.41, 5.74) is 0.228. The Kier molecular flexibility index (Phi) is 8.12. The van der Waals surface area contributed by atoms with E-state index in [1.165, 1.54) is 24.8 Å². The molecule has 0 saturated carbocycles. The van der Waals surface area contributed by atoms with Crippen LogP contribution in [0, 0.1) is 11.8 Å². The molecule has 9 nitrogen and oxygen atoms in total. The molecule has 2 heterocycles. The van der Waals surface area contributed by atoms with Crippen molar-refractivity contribution >= 4 is 37.1 Å². The molecule has 0 aliphatic carbocycles. The first-order valence-corrected chi connectivity index (χ1v) is 13.5. The zero-order chi connectivity index (χ0) is 29.2. The second-order valence-corrected chi connectivity index (χ2v) is 10.9. The number of carbonyl (C=O) groups is 1. The first-order valence-electron chi connectivity index (χ1n) is 12.1. The lowest BCUT2D eigenvalue weighted by molar-refractivity contribution is -0.137. The molecule has 1 atom stereocenters. The van der Waals surface area contributed by atoms with Gasteiger partial charge in [-0.15, -0.1) is 0 Å². The predicted octanol–water partition coefficient (Wildman–Crippen LogP) is 4.97. The molecule has 3 aromatic rings. The Morgan fingerprint density at radius 2 is 1.82 bits per heavy atom. The number of rotatable bonds is 7. The first-order chi connectivity index (χ1) is 18.7. The van der Waals surface area contributed by atoms with Crippen LogP contribution in [0.4, 0.5) is 36.3 Å². The van der Waals surface area contributed by atoms with Gasteiger partial charge in [-0.2, -0.15) is 23.0 Å². The fourth-order valence-corrected chi connectivity index (χ4v) is 4.43. The van der Waals surface area contributed by atoms with E-state index >= 15 is 0 Å². The van der Waals surface area contributed by atoms with Crippen molar-refractivity contribution in [3.8, 4) is 11.8 Å². The maximum atomic E-state index is 13.9. The molecule has 0 radical (unpaired) electrons. The van der Waals surface area contributed by atoms with Gasteiger partial charge in [0.25, 0.3) is 5.91 Å². The van der Waals surface area contributed by atoms with Gasteiger partial charge in [-0.25, -0.2) is 4.98 Å². The summed E-state index contributed by atoms with van der Waals surface area (Å²) in [5, 5.41) is 15.5. The number of alkyl halides is 3. The molecule has 0 saturated heterocycles. The van der Waals surface area contributed by atoms with Crippen molar-refractivity contribution in [3.05, 3.63) is 70.4 Å². The highest BCUT2D eigenvalue weighted by molar-refractivity contribution is 7.37. The van der Waals surface area contributed by atoms with Crippen LogP contribution >= 0.6 is 8.03 Å². The number of benzene rings is 2. The van der Waals surface area contributed by atoms with Crippen molar-refractivity contribution in [1.82, 2.24) is 14.9 Å². The van der Waals surface area contributed by atoms with E-state index in [9.17, 15) is 27.6 Å². The van der Waals surface area contributed by atoms with E-state index in [0.29, 0.717) is 29.4 Å². The summed E-state index contributed by atoms with van der Waals surface area (Å²) in [6.07, 6.45) is -3.61. The predicted molar refractivity (Wildman–Crippen MR) is 144 cm³/mol. The molecule has 1 aromatic heterocycles. The smallest absolute Gasteiger partial charge is 0.378 e. The number of amides is 1. The molecular formula is C27H26F3N5O4P+. The monoisotopic (exact) mass is 572 g/mol. The van der Waals surface area contributed by atoms with Crippen molar-refractivity contribution < 1.29 is 32.5 Å². The minimum Gasteiger partial charge on any atom is -0.378 e. The third kappa shape index (κ3) is 6.93. The Labute approximate surface area is 229 Å². The van der Waals surface area contributed by atoms with Crippen molar-refractivity contribution in [2.45, 2.75) is 38.6 Å². The number of fused-ring (bicyclic) bond motifs is 1. The topological polar surface area (TPSA) is 128 Å². The number of hydrogen-bond acceptors (Lipinski definition) is 7. The van der Waals surface area contributed by atoms with Crippen LogP contribution in [-0.4, -0.2) is 49.6 Å². The molecule has 1 amide bonds. The Bertz CT molecular complexity index is 1530. The first kappa shape index (κ1) is 29.0. The molecule has 208 valence electrons. The van der Waals surface area contributed by atoms with Crippen LogP contribution in [0.25, 0.3) is 0 Å². The highest BCUT2D eigenvalue weighted by atomic mass is 31.1. The van der Waals surface area contributed by atoms with Gasteiger partial charge in [-0.1, -0.05) is 24.0 Å². The van der Waals surface area contributed by atoms with Gasteiger partial charge >= 0.3 is 14.2 Å². The van der Waals surface area contributed by atoms with Gasteiger partial charge in [0.15, 0.2) is 6.16 Å². The van der Waals surface area contributed by atoms with E-state index in [4.69, 9.17) is 4.89 Å². The molecule has 13 heteroatoms. The molecule has 1 aliphatic heterocycles. The van der Waals surface area contributed by atoms with E-state index in [1.807, 2.05) is 0 Å². The Morgan fingerprint density at radius 1 is 1.12 bits per heavy atom. The van der Waals surface area contributed by atoms with Crippen LogP contribution in [0.1, 0.15) is 46.5 Å². The van der Waals surface area contributed by atoms with Crippen LogP contribution in [0.2, 0.25) is 0 Å². The molecule has 4 N–H and O–H groups in total. The van der Waals surface area contributed by atoms with Crippen molar-refractivity contribution in [2.75, 3.05) is 23.8 Å². The fourth-order valence-electron chi connectivity index (χ4n) is 3.98. The highest BCUT2D eigenvalue weighted by Gasteiger charge is 2.36. The summed E-state index contributed by atoms with van der Waals surface area (Å²) in [6, 6.07) is 9.79. The van der Waals surface area contributed by atoms with E-state index in [2.05, 4.69) is 32.4 Å². The van der Waals surface area contributed by atoms with E-state index < -0.39 is 37.1 Å². The number of aliphatic hydroxyl groups is 1. The number of hydrogen-bond donors (Lipinski definition) is 4. The maximum absolute atomic E-state index is 13.9. The van der Waals surface area contributed by atoms with Crippen molar-refractivity contribution in [2.24, 2.45) is 0 Å². The Hall–Kier alpha value is -4.04. The minimum absolute atomic E-state index is 0.116. The highest BCUT2D eigenvalue weighted by Crippen LogP contribution is 2.38. The number of carbonyl (C=O) groups excluding carboxylic acids is 1. The summed E-state index contributed by atoms with van der Waals surface area (Å²) in [5.74, 6) is 4.50. The zero-order valence-corrected chi connectivity index (χ0v) is 22.7.